The largest absolute Gasteiger partial charge is 0.445 e. The molecule has 2 amide bonds. The third-order valence-electron chi connectivity index (χ3n) is 6.47. The third-order valence-corrected chi connectivity index (χ3v) is 7.60. The lowest BCUT2D eigenvalue weighted by Gasteiger charge is -2.37. The van der Waals surface area contributed by atoms with Gasteiger partial charge in [0.15, 0.2) is 15.9 Å². The van der Waals surface area contributed by atoms with Crippen molar-refractivity contribution in [2.75, 3.05) is 12.9 Å². The lowest BCUT2D eigenvalue weighted by atomic mass is 9.82. The molecule has 0 bridgehead atoms. The van der Waals surface area contributed by atoms with Crippen molar-refractivity contribution in [3.05, 3.63) is 65.7 Å². The zero-order chi connectivity index (χ0) is 26.2. The molecular formula is C26H34N2O7S. The summed E-state index contributed by atoms with van der Waals surface area (Å²) in [5.74, 6) is -0.702. The van der Waals surface area contributed by atoms with Crippen LogP contribution in [0.1, 0.15) is 43.2 Å². The first-order chi connectivity index (χ1) is 17.1. The lowest BCUT2D eigenvalue weighted by molar-refractivity contribution is -0.134. The fraction of sp³-hybridized carbons (Fsp3) is 0.462. The zero-order valence-corrected chi connectivity index (χ0v) is 21.2. The standard InChI is InChI=1S/C26H34N2O7S/c1-36(33,34)21-12-10-19(11-13-21)16-22(27-25(32)35-17-20-8-4-2-5-9-20)23(30)24(31)28-26(18-29)14-6-3-7-15-26/h2,4-5,8-13,22-23,29-30H,3,6-7,14-18H2,1H3,(H,27,32)(H,28,31)/t22-,23+/m1/s1. The second kappa shape index (κ2) is 12.3. The Morgan fingerprint density at radius 2 is 1.64 bits per heavy atom. The van der Waals surface area contributed by atoms with Crippen molar-refractivity contribution in [2.24, 2.45) is 0 Å². The van der Waals surface area contributed by atoms with Gasteiger partial charge in [-0.25, -0.2) is 13.2 Å². The minimum atomic E-state index is -3.38. The molecule has 36 heavy (non-hydrogen) atoms. The summed E-state index contributed by atoms with van der Waals surface area (Å²) >= 11 is 0. The van der Waals surface area contributed by atoms with Crippen LogP contribution in [0.25, 0.3) is 0 Å². The number of sulfone groups is 1. The van der Waals surface area contributed by atoms with Gasteiger partial charge in [-0.1, -0.05) is 61.7 Å². The first-order valence-electron chi connectivity index (χ1n) is 12.0. The van der Waals surface area contributed by atoms with Gasteiger partial charge in [-0.2, -0.15) is 0 Å². The Balaban J connectivity index is 1.73. The van der Waals surface area contributed by atoms with E-state index in [9.17, 15) is 28.2 Å². The number of hydrogen-bond donors (Lipinski definition) is 4. The van der Waals surface area contributed by atoms with Crippen LogP contribution in [-0.4, -0.2) is 61.2 Å². The number of benzene rings is 2. The average molecular weight is 519 g/mol. The average Bonchev–Trinajstić information content (AvgIpc) is 2.87. The van der Waals surface area contributed by atoms with E-state index in [0.717, 1.165) is 31.1 Å². The van der Waals surface area contributed by atoms with Gasteiger partial charge < -0.3 is 25.6 Å². The maximum Gasteiger partial charge on any atom is 0.407 e. The molecule has 0 heterocycles. The molecule has 3 rings (SSSR count). The highest BCUT2D eigenvalue weighted by Gasteiger charge is 2.37. The number of aliphatic hydroxyl groups excluding tert-OH is 2. The Morgan fingerprint density at radius 1 is 1.00 bits per heavy atom. The minimum absolute atomic E-state index is 0.0123. The summed E-state index contributed by atoms with van der Waals surface area (Å²) in [6.45, 7) is -0.228. The van der Waals surface area contributed by atoms with Crippen LogP contribution in [0.15, 0.2) is 59.5 Å². The summed E-state index contributed by atoms with van der Waals surface area (Å²) in [7, 11) is -3.38. The Morgan fingerprint density at radius 3 is 2.22 bits per heavy atom. The molecule has 1 saturated carbocycles. The topological polar surface area (TPSA) is 142 Å². The molecule has 196 valence electrons. The second-order valence-corrected chi connectivity index (χ2v) is 11.4. The van der Waals surface area contributed by atoms with E-state index < -0.39 is 39.5 Å². The highest BCUT2D eigenvalue weighted by molar-refractivity contribution is 7.90. The molecule has 0 radical (unpaired) electrons. The second-order valence-electron chi connectivity index (χ2n) is 9.37. The normalized spacial score (nSPS) is 17.0. The number of alkyl carbamates (subject to hydrolysis) is 1. The predicted molar refractivity (Wildman–Crippen MR) is 134 cm³/mol. The van der Waals surface area contributed by atoms with Gasteiger partial charge in [0.1, 0.15) is 6.61 Å². The Labute approximate surface area is 211 Å². The predicted octanol–water partition coefficient (Wildman–Crippen LogP) is 2.10. The number of hydrogen-bond acceptors (Lipinski definition) is 7. The Kier molecular flexibility index (Phi) is 9.47. The van der Waals surface area contributed by atoms with Gasteiger partial charge in [0, 0.05) is 6.26 Å². The van der Waals surface area contributed by atoms with Gasteiger partial charge >= 0.3 is 6.09 Å². The highest BCUT2D eigenvalue weighted by atomic mass is 32.2. The van der Waals surface area contributed by atoms with Crippen molar-refractivity contribution in [3.63, 3.8) is 0 Å². The minimum Gasteiger partial charge on any atom is -0.445 e. The van der Waals surface area contributed by atoms with Gasteiger partial charge in [0.2, 0.25) is 0 Å². The number of amides is 2. The van der Waals surface area contributed by atoms with Crippen molar-refractivity contribution in [1.29, 1.82) is 0 Å². The highest BCUT2D eigenvalue weighted by Crippen LogP contribution is 2.28. The fourth-order valence-electron chi connectivity index (χ4n) is 4.35. The van der Waals surface area contributed by atoms with E-state index in [1.807, 2.05) is 18.2 Å². The molecule has 4 N–H and O–H groups in total. The van der Waals surface area contributed by atoms with E-state index in [1.165, 1.54) is 12.1 Å². The number of ether oxygens (including phenoxy) is 1. The molecular weight excluding hydrogens is 484 g/mol. The monoisotopic (exact) mass is 518 g/mol. The first-order valence-corrected chi connectivity index (χ1v) is 13.9. The molecule has 0 unspecified atom stereocenters. The molecule has 2 atom stereocenters. The third kappa shape index (κ3) is 7.78. The van der Waals surface area contributed by atoms with Gasteiger partial charge in [-0.15, -0.1) is 0 Å². The summed E-state index contributed by atoms with van der Waals surface area (Å²) in [4.78, 5) is 25.7. The van der Waals surface area contributed by atoms with Crippen LogP contribution < -0.4 is 10.6 Å². The van der Waals surface area contributed by atoms with Crippen molar-refractivity contribution in [2.45, 2.75) is 67.7 Å². The molecule has 1 fully saturated rings. The summed E-state index contributed by atoms with van der Waals surface area (Å²) in [6.07, 6.45) is 2.65. The van der Waals surface area contributed by atoms with Crippen LogP contribution in [0.2, 0.25) is 0 Å². The summed E-state index contributed by atoms with van der Waals surface area (Å²) in [5, 5.41) is 26.2. The SMILES string of the molecule is CS(=O)(=O)c1ccc(C[C@@H](NC(=O)OCc2ccccc2)[C@H](O)C(=O)NC2(CO)CCCCC2)cc1. The van der Waals surface area contributed by atoms with Gasteiger partial charge in [0.25, 0.3) is 5.91 Å². The first kappa shape index (κ1) is 27.6. The van der Waals surface area contributed by atoms with E-state index in [2.05, 4.69) is 10.6 Å². The summed E-state index contributed by atoms with van der Waals surface area (Å²) < 4.78 is 28.8. The van der Waals surface area contributed by atoms with Gasteiger partial charge in [0.05, 0.1) is 23.1 Å². The van der Waals surface area contributed by atoms with E-state index in [0.29, 0.717) is 18.4 Å². The van der Waals surface area contributed by atoms with Crippen LogP contribution in [0.4, 0.5) is 4.79 Å². The number of carbonyl (C=O) groups excluding carboxylic acids is 2. The van der Waals surface area contributed by atoms with Crippen LogP contribution in [0.5, 0.6) is 0 Å². The summed E-state index contributed by atoms with van der Waals surface area (Å²) in [6, 6.07) is 14.0. The molecule has 1 aliphatic rings. The fourth-order valence-corrected chi connectivity index (χ4v) is 4.98. The molecule has 0 saturated heterocycles. The Bertz CT molecular complexity index is 1110. The molecule has 10 heteroatoms. The van der Waals surface area contributed by atoms with E-state index in [-0.39, 0.29) is 24.5 Å². The molecule has 9 nitrogen and oxygen atoms in total. The van der Waals surface area contributed by atoms with Crippen LogP contribution in [0, 0.1) is 0 Å². The van der Waals surface area contributed by atoms with Gasteiger partial charge in [-0.3, -0.25) is 4.79 Å². The quantitative estimate of drug-likeness (QED) is 0.377. The molecule has 0 aliphatic heterocycles. The molecule has 0 spiro atoms. The van der Waals surface area contributed by atoms with E-state index >= 15 is 0 Å². The van der Waals surface area contributed by atoms with Crippen LogP contribution >= 0.6 is 0 Å². The smallest absolute Gasteiger partial charge is 0.407 e. The lowest BCUT2D eigenvalue weighted by Crippen LogP contribution is -2.59. The molecule has 2 aromatic carbocycles. The zero-order valence-electron chi connectivity index (χ0n) is 20.4. The molecule has 0 aromatic heterocycles. The number of rotatable bonds is 10. The van der Waals surface area contributed by atoms with Gasteiger partial charge in [-0.05, 0) is 42.5 Å². The summed E-state index contributed by atoms with van der Waals surface area (Å²) in [5.41, 5.74) is 0.587. The maximum absolute atomic E-state index is 13.0. The van der Waals surface area contributed by atoms with Crippen LogP contribution in [-0.2, 0) is 32.4 Å². The van der Waals surface area contributed by atoms with E-state index in [1.54, 1.807) is 24.3 Å². The van der Waals surface area contributed by atoms with Crippen molar-refractivity contribution < 1.29 is 33.0 Å². The van der Waals surface area contributed by atoms with Crippen LogP contribution in [0.3, 0.4) is 0 Å². The molecule has 2 aromatic rings. The maximum atomic E-state index is 13.0. The number of carbonyl (C=O) groups is 2. The molecule has 1 aliphatic carbocycles. The Hall–Kier alpha value is -2.95. The van der Waals surface area contributed by atoms with E-state index in [4.69, 9.17) is 4.74 Å². The van der Waals surface area contributed by atoms with Crippen molar-refractivity contribution in [3.8, 4) is 0 Å². The van der Waals surface area contributed by atoms with Crippen molar-refractivity contribution >= 4 is 21.8 Å². The number of aliphatic hydroxyl groups is 2. The number of nitrogens with one attached hydrogen (secondary N) is 2. The van der Waals surface area contributed by atoms with Crippen molar-refractivity contribution in [1.82, 2.24) is 10.6 Å².